The van der Waals surface area contributed by atoms with Crippen LogP contribution in [0.2, 0.25) is 0 Å². The quantitative estimate of drug-likeness (QED) is 0.551. The first-order valence-electron chi connectivity index (χ1n) is 8.37. The minimum absolute atomic E-state index is 0.0287. The number of esters is 1. The van der Waals surface area contributed by atoms with Gasteiger partial charge in [-0.15, -0.1) is 0 Å². The van der Waals surface area contributed by atoms with Crippen LogP contribution in [0.15, 0.2) is 29.4 Å². The van der Waals surface area contributed by atoms with Crippen molar-refractivity contribution in [2.45, 2.75) is 30.9 Å². The first-order chi connectivity index (χ1) is 13.5. The van der Waals surface area contributed by atoms with Gasteiger partial charge in [0.15, 0.2) is 6.04 Å². The number of rotatable bonds is 3. The molecule has 1 saturated heterocycles. The summed E-state index contributed by atoms with van der Waals surface area (Å²) < 4.78 is 86.8. The van der Waals surface area contributed by atoms with E-state index in [1.165, 1.54) is 17.1 Å². The Kier molecular flexibility index (Phi) is 5.46. The first-order valence-corrected chi connectivity index (χ1v) is 8.37. The number of nitrogens with zero attached hydrogens (tertiary/aromatic N) is 3. The van der Waals surface area contributed by atoms with Crippen LogP contribution in [0.4, 0.5) is 32.2 Å². The Hall–Kier alpha value is -2.79. The van der Waals surface area contributed by atoms with Crippen molar-refractivity contribution in [2.24, 2.45) is 4.99 Å². The summed E-state index contributed by atoms with van der Waals surface area (Å²) in [6, 6.07) is -1.23. The van der Waals surface area contributed by atoms with Gasteiger partial charge in [0.2, 0.25) is 5.90 Å². The second kappa shape index (κ2) is 7.56. The lowest BCUT2D eigenvalue weighted by Gasteiger charge is -2.40. The predicted octanol–water partition coefficient (Wildman–Crippen LogP) is 3.38. The molecule has 29 heavy (non-hydrogen) atoms. The number of pyridine rings is 1. The minimum Gasteiger partial charge on any atom is -0.471 e. The first kappa shape index (κ1) is 20.9. The number of ether oxygens (including phenoxy) is 2. The summed E-state index contributed by atoms with van der Waals surface area (Å²) in [5.74, 6) is -1.19. The van der Waals surface area contributed by atoms with Crippen molar-refractivity contribution >= 4 is 17.7 Å². The fraction of sp³-hybridized carbons (Fsp3) is 0.471. The van der Waals surface area contributed by atoms with E-state index in [9.17, 15) is 31.1 Å². The van der Waals surface area contributed by atoms with E-state index in [4.69, 9.17) is 4.74 Å². The fourth-order valence-electron chi connectivity index (χ4n) is 2.80. The van der Waals surface area contributed by atoms with Crippen LogP contribution in [-0.4, -0.2) is 55.4 Å². The molecule has 12 heteroatoms. The summed E-state index contributed by atoms with van der Waals surface area (Å²) in [6.07, 6.45) is -6.76. The van der Waals surface area contributed by atoms with E-state index in [2.05, 4.69) is 14.7 Å². The van der Waals surface area contributed by atoms with E-state index >= 15 is 0 Å². The Balaban J connectivity index is 1.70. The maximum absolute atomic E-state index is 12.9. The van der Waals surface area contributed by atoms with E-state index in [1.807, 2.05) is 0 Å². The Bertz CT molecular complexity index is 844. The molecule has 2 aliphatic rings. The molecule has 0 amide bonds. The second-order valence-electron chi connectivity index (χ2n) is 6.39. The van der Waals surface area contributed by atoms with Gasteiger partial charge in [-0.05, 0) is 18.6 Å². The standard InChI is InChI=1S/C17H15F6N3O3/c1-28-15(27)11-5-9(16(18,19)20)6-24-14(11)26-7-10(8-26)29-13-4-2-3-12(25-13)17(21,22)23/h2,4-6,10,12H,3,7-8H2,1H3. The Morgan fingerprint density at radius 2 is 1.90 bits per heavy atom. The zero-order chi connectivity index (χ0) is 21.4. The number of carbonyl (C=O) groups is 1. The van der Waals surface area contributed by atoms with Gasteiger partial charge < -0.3 is 14.4 Å². The van der Waals surface area contributed by atoms with Gasteiger partial charge in [0.1, 0.15) is 17.5 Å². The van der Waals surface area contributed by atoms with Crippen LogP contribution in [0.5, 0.6) is 0 Å². The highest BCUT2D eigenvalue weighted by Crippen LogP contribution is 2.33. The molecule has 0 aliphatic carbocycles. The number of hydrogen-bond acceptors (Lipinski definition) is 6. The molecule has 0 radical (unpaired) electrons. The monoisotopic (exact) mass is 423 g/mol. The lowest BCUT2D eigenvalue weighted by Crippen LogP contribution is -2.54. The highest BCUT2D eigenvalue weighted by molar-refractivity contribution is 5.95. The molecule has 3 heterocycles. The molecule has 1 atom stereocenters. The molecule has 0 N–H and O–H groups in total. The van der Waals surface area contributed by atoms with E-state index < -0.39 is 36.0 Å². The summed E-state index contributed by atoms with van der Waals surface area (Å²) in [5.41, 5.74) is -1.47. The lowest BCUT2D eigenvalue weighted by atomic mass is 10.1. The second-order valence-corrected chi connectivity index (χ2v) is 6.39. The SMILES string of the molecule is COC(=O)c1cc(C(F)(F)F)cnc1N1CC(OC2=NC(C(F)(F)F)CC=C2)C1. The zero-order valence-corrected chi connectivity index (χ0v) is 14.9. The minimum atomic E-state index is -4.69. The molecular formula is C17H15F6N3O3. The molecule has 1 fully saturated rings. The Morgan fingerprint density at radius 3 is 2.48 bits per heavy atom. The van der Waals surface area contributed by atoms with E-state index in [0.29, 0.717) is 12.3 Å². The van der Waals surface area contributed by atoms with Crippen molar-refractivity contribution in [3.63, 3.8) is 0 Å². The molecule has 1 aromatic heterocycles. The van der Waals surface area contributed by atoms with Gasteiger partial charge in [-0.25, -0.2) is 14.8 Å². The van der Waals surface area contributed by atoms with Gasteiger partial charge >= 0.3 is 18.3 Å². The van der Waals surface area contributed by atoms with Gasteiger partial charge in [0.25, 0.3) is 0 Å². The lowest BCUT2D eigenvalue weighted by molar-refractivity contribution is -0.146. The van der Waals surface area contributed by atoms with Crippen molar-refractivity contribution in [3.05, 3.63) is 35.5 Å². The molecule has 2 aliphatic heterocycles. The van der Waals surface area contributed by atoms with E-state index in [1.54, 1.807) is 0 Å². The van der Waals surface area contributed by atoms with Gasteiger partial charge in [-0.1, -0.05) is 6.08 Å². The Labute approximate surface area is 160 Å². The molecule has 3 rings (SSSR count). The molecule has 0 spiro atoms. The summed E-state index contributed by atoms with van der Waals surface area (Å²) in [6.45, 7) is 0.206. The zero-order valence-electron chi connectivity index (χ0n) is 14.9. The van der Waals surface area contributed by atoms with Crippen molar-refractivity contribution in [1.82, 2.24) is 4.98 Å². The number of alkyl halides is 6. The number of anilines is 1. The van der Waals surface area contributed by atoms with Crippen LogP contribution in [0.25, 0.3) is 0 Å². The molecule has 6 nitrogen and oxygen atoms in total. The highest BCUT2D eigenvalue weighted by atomic mass is 19.4. The summed E-state index contributed by atoms with van der Waals surface area (Å²) in [5, 5.41) is 0. The maximum Gasteiger partial charge on any atom is 0.417 e. The fourth-order valence-corrected chi connectivity index (χ4v) is 2.80. The van der Waals surface area contributed by atoms with E-state index in [-0.39, 0.29) is 36.8 Å². The van der Waals surface area contributed by atoms with Crippen LogP contribution < -0.4 is 4.90 Å². The molecule has 0 aromatic carbocycles. The smallest absolute Gasteiger partial charge is 0.417 e. The number of dihydropyridines is 1. The largest absolute Gasteiger partial charge is 0.471 e. The van der Waals surface area contributed by atoms with Crippen molar-refractivity contribution in [1.29, 1.82) is 0 Å². The van der Waals surface area contributed by atoms with Crippen LogP contribution in [0.3, 0.4) is 0 Å². The average molecular weight is 423 g/mol. The van der Waals surface area contributed by atoms with Crippen LogP contribution >= 0.6 is 0 Å². The summed E-state index contributed by atoms with van der Waals surface area (Å²) in [4.78, 5) is 20.6. The van der Waals surface area contributed by atoms with Crippen LogP contribution in [0, 0.1) is 0 Å². The molecule has 0 saturated carbocycles. The molecule has 1 unspecified atom stereocenters. The normalized spacial score (nSPS) is 20.2. The summed E-state index contributed by atoms with van der Waals surface area (Å²) >= 11 is 0. The van der Waals surface area contributed by atoms with Crippen LogP contribution in [-0.2, 0) is 15.7 Å². The summed E-state index contributed by atoms with van der Waals surface area (Å²) in [7, 11) is 1.03. The van der Waals surface area contributed by atoms with Gasteiger partial charge in [0, 0.05) is 6.20 Å². The molecule has 0 bridgehead atoms. The molecule has 1 aromatic rings. The number of hydrogen-bond donors (Lipinski definition) is 0. The average Bonchev–Trinajstić information content (AvgIpc) is 2.62. The van der Waals surface area contributed by atoms with Gasteiger partial charge in [-0.3, -0.25) is 0 Å². The van der Waals surface area contributed by atoms with Crippen molar-refractivity contribution in [2.75, 3.05) is 25.1 Å². The number of halogens is 6. The number of aliphatic imine (C=N–C) groups is 1. The predicted molar refractivity (Wildman–Crippen MR) is 88.7 cm³/mol. The van der Waals surface area contributed by atoms with Crippen molar-refractivity contribution in [3.8, 4) is 0 Å². The van der Waals surface area contributed by atoms with Gasteiger partial charge in [0.05, 0.1) is 25.8 Å². The topological polar surface area (TPSA) is 64.0 Å². The third kappa shape index (κ3) is 4.62. The van der Waals surface area contributed by atoms with Gasteiger partial charge in [-0.2, -0.15) is 26.3 Å². The highest BCUT2D eigenvalue weighted by Gasteiger charge is 2.41. The van der Waals surface area contributed by atoms with Crippen molar-refractivity contribution < 1.29 is 40.6 Å². The number of carbonyl (C=O) groups excluding carboxylic acids is 1. The molecule has 158 valence electrons. The Morgan fingerprint density at radius 1 is 1.21 bits per heavy atom. The third-order valence-electron chi connectivity index (χ3n) is 4.31. The number of methoxy groups -OCH3 is 1. The van der Waals surface area contributed by atoms with Crippen LogP contribution in [0.1, 0.15) is 22.3 Å². The maximum atomic E-state index is 12.9. The van der Waals surface area contributed by atoms with E-state index in [0.717, 1.165) is 7.11 Å². The number of aromatic nitrogens is 1. The third-order valence-corrected chi connectivity index (χ3v) is 4.31. The molecular weight excluding hydrogens is 408 g/mol.